The molecule has 5 rings (SSSR count). The Kier molecular flexibility index (Phi) is 5.96. The minimum absolute atomic E-state index is 0.0247. The van der Waals surface area contributed by atoms with Gasteiger partial charge in [0, 0.05) is 22.3 Å². The van der Waals surface area contributed by atoms with E-state index >= 15 is 0 Å². The molecule has 0 atom stereocenters. The third kappa shape index (κ3) is 4.48. The first-order valence-electron chi connectivity index (χ1n) is 11.2. The Bertz CT molecular complexity index is 1300. The Morgan fingerprint density at radius 1 is 0.294 bits per heavy atom. The van der Waals surface area contributed by atoms with Crippen LogP contribution in [0, 0.1) is 0 Å². The highest BCUT2D eigenvalue weighted by Crippen LogP contribution is 2.26. The number of benzene rings is 5. The molecule has 0 amide bonds. The van der Waals surface area contributed by atoms with Crippen molar-refractivity contribution in [3.05, 3.63) is 156 Å². The van der Waals surface area contributed by atoms with Gasteiger partial charge in [-0.3, -0.25) is 9.59 Å². The standard InChI is InChI=1S/C32H22O2/c33-31(27-7-3-1-4-8-27)29-19-15-25(16-20-29)23-11-13-24(14-12-23)26-17-21-30(22-18-26)32(34)28-9-5-2-6-10-28/h1-22H. The maximum Gasteiger partial charge on any atom is 0.193 e. The molecule has 0 heterocycles. The zero-order valence-electron chi connectivity index (χ0n) is 18.5. The smallest absolute Gasteiger partial charge is 0.193 e. The molecule has 0 spiro atoms. The van der Waals surface area contributed by atoms with Crippen molar-refractivity contribution in [2.45, 2.75) is 0 Å². The Morgan fingerprint density at radius 2 is 0.529 bits per heavy atom. The highest BCUT2D eigenvalue weighted by molar-refractivity contribution is 6.09. The lowest BCUT2D eigenvalue weighted by Crippen LogP contribution is -2.00. The minimum Gasteiger partial charge on any atom is -0.289 e. The van der Waals surface area contributed by atoms with Crippen molar-refractivity contribution >= 4 is 11.6 Å². The lowest BCUT2D eigenvalue weighted by Gasteiger charge is -2.07. The fourth-order valence-corrected chi connectivity index (χ4v) is 4.00. The maximum atomic E-state index is 12.6. The van der Waals surface area contributed by atoms with E-state index < -0.39 is 0 Å². The number of rotatable bonds is 6. The van der Waals surface area contributed by atoms with Crippen LogP contribution >= 0.6 is 0 Å². The molecule has 162 valence electrons. The molecule has 0 aliphatic carbocycles. The first kappa shape index (κ1) is 21.3. The lowest BCUT2D eigenvalue weighted by atomic mass is 9.96. The molecule has 0 aliphatic heterocycles. The third-order valence-electron chi connectivity index (χ3n) is 5.92. The molecule has 5 aromatic carbocycles. The lowest BCUT2D eigenvalue weighted by molar-refractivity contribution is 0.103. The van der Waals surface area contributed by atoms with Crippen molar-refractivity contribution < 1.29 is 9.59 Å². The van der Waals surface area contributed by atoms with Crippen molar-refractivity contribution in [1.29, 1.82) is 0 Å². The second kappa shape index (κ2) is 9.51. The molecule has 0 radical (unpaired) electrons. The van der Waals surface area contributed by atoms with Crippen LogP contribution in [0.1, 0.15) is 31.8 Å². The average Bonchev–Trinajstić information content (AvgIpc) is 2.93. The molecule has 5 aromatic rings. The van der Waals surface area contributed by atoms with Gasteiger partial charge in [-0.05, 0) is 22.3 Å². The van der Waals surface area contributed by atoms with Crippen LogP contribution in [0.3, 0.4) is 0 Å². The minimum atomic E-state index is 0.0247. The topological polar surface area (TPSA) is 34.1 Å². The molecule has 0 aromatic heterocycles. The number of hydrogen-bond donors (Lipinski definition) is 0. The molecule has 0 fully saturated rings. The summed E-state index contributed by atoms with van der Waals surface area (Å²) < 4.78 is 0. The summed E-state index contributed by atoms with van der Waals surface area (Å²) in [5, 5.41) is 0. The Morgan fingerprint density at radius 3 is 0.824 bits per heavy atom. The molecule has 0 saturated carbocycles. The summed E-state index contributed by atoms with van der Waals surface area (Å²) in [6, 6.07) is 42.4. The summed E-state index contributed by atoms with van der Waals surface area (Å²) in [6.07, 6.45) is 0. The van der Waals surface area contributed by atoms with Gasteiger partial charge in [0.25, 0.3) is 0 Å². The Labute approximate surface area is 199 Å². The summed E-state index contributed by atoms with van der Waals surface area (Å²) >= 11 is 0. The zero-order chi connectivity index (χ0) is 23.3. The van der Waals surface area contributed by atoms with Crippen molar-refractivity contribution in [3.63, 3.8) is 0 Å². The van der Waals surface area contributed by atoms with E-state index in [0.717, 1.165) is 22.3 Å². The molecule has 0 bridgehead atoms. The molecule has 0 saturated heterocycles. The summed E-state index contributed by atoms with van der Waals surface area (Å²) in [5.41, 5.74) is 7.01. The Hall–Kier alpha value is -4.56. The van der Waals surface area contributed by atoms with Gasteiger partial charge in [0.15, 0.2) is 11.6 Å². The van der Waals surface area contributed by atoms with Crippen molar-refractivity contribution in [1.82, 2.24) is 0 Å². The van der Waals surface area contributed by atoms with E-state index in [1.165, 1.54) is 0 Å². The second-order valence-electron chi connectivity index (χ2n) is 8.12. The fraction of sp³-hybridized carbons (Fsp3) is 0. The molecule has 2 nitrogen and oxygen atoms in total. The number of carbonyl (C=O) groups is 2. The molecule has 0 unspecified atom stereocenters. The van der Waals surface area contributed by atoms with Crippen LogP contribution in [0.2, 0.25) is 0 Å². The van der Waals surface area contributed by atoms with Gasteiger partial charge < -0.3 is 0 Å². The summed E-state index contributed by atoms with van der Waals surface area (Å²) in [6.45, 7) is 0. The normalized spacial score (nSPS) is 10.6. The SMILES string of the molecule is O=C(c1ccccc1)c1ccc(-c2ccc(-c3ccc(C(=O)c4ccccc4)cc3)cc2)cc1. The molecular weight excluding hydrogens is 416 g/mol. The van der Waals surface area contributed by atoms with Crippen LogP contribution in [-0.4, -0.2) is 11.6 Å². The maximum absolute atomic E-state index is 12.6. The van der Waals surface area contributed by atoms with Gasteiger partial charge in [0.05, 0.1) is 0 Å². The molecule has 0 aliphatic rings. The molecule has 2 heteroatoms. The molecular formula is C32H22O2. The van der Waals surface area contributed by atoms with Gasteiger partial charge in [-0.1, -0.05) is 133 Å². The Balaban J connectivity index is 1.31. The predicted octanol–water partition coefficient (Wildman–Crippen LogP) is 7.48. The summed E-state index contributed by atoms with van der Waals surface area (Å²) in [7, 11) is 0. The average molecular weight is 439 g/mol. The van der Waals surface area contributed by atoms with E-state index in [-0.39, 0.29) is 11.6 Å². The van der Waals surface area contributed by atoms with E-state index in [1.54, 1.807) is 0 Å². The summed E-state index contributed by atoms with van der Waals surface area (Å²) in [4.78, 5) is 25.2. The van der Waals surface area contributed by atoms with E-state index in [0.29, 0.717) is 22.3 Å². The largest absolute Gasteiger partial charge is 0.289 e. The van der Waals surface area contributed by atoms with Gasteiger partial charge in [-0.15, -0.1) is 0 Å². The van der Waals surface area contributed by atoms with Crippen LogP contribution < -0.4 is 0 Å². The highest BCUT2D eigenvalue weighted by Gasteiger charge is 2.10. The van der Waals surface area contributed by atoms with E-state index in [1.807, 2.05) is 109 Å². The molecule has 0 N–H and O–H groups in total. The van der Waals surface area contributed by atoms with Crippen LogP contribution in [0.25, 0.3) is 22.3 Å². The summed E-state index contributed by atoms with van der Waals surface area (Å²) in [5.74, 6) is 0.0494. The van der Waals surface area contributed by atoms with Gasteiger partial charge in [0.1, 0.15) is 0 Å². The fourth-order valence-electron chi connectivity index (χ4n) is 4.00. The zero-order valence-corrected chi connectivity index (χ0v) is 18.5. The van der Waals surface area contributed by atoms with Crippen LogP contribution in [-0.2, 0) is 0 Å². The van der Waals surface area contributed by atoms with Crippen LogP contribution in [0.5, 0.6) is 0 Å². The quantitative estimate of drug-likeness (QED) is 0.258. The predicted molar refractivity (Wildman–Crippen MR) is 137 cm³/mol. The first-order valence-corrected chi connectivity index (χ1v) is 11.2. The van der Waals surface area contributed by atoms with E-state index in [4.69, 9.17) is 0 Å². The van der Waals surface area contributed by atoms with Crippen molar-refractivity contribution in [2.24, 2.45) is 0 Å². The number of carbonyl (C=O) groups excluding carboxylic acids is 2. The van der Waals surface area contributed by atoms with Gasteiger partial charge in [0.2, 0.25) is 0 Å². The van der Waals surface area contributed by atoms with E-state index in [9.17, 15) is 9.59 Å². The monoisotopic (exact) mass is 438 g/mol. The van der Waals surface area contributed by atoms with Crippen LogP contribution in [0.4, 0.5) is 0 Å². The first-order chi connectivity index (χ1) is 16.7. The highest BCUT2D eigenvalue weighted by atomic mass is 16.1. The third-order valence-corrected chi connectivity index (χ3v) is 5.92. The molecule has 34 heavy (non-hydrogen) atoms. The van der Waals surface area contributed by atoms with Gasteiger partial charge >= 0.3 is 0 Å². The van der Waals surface area contributed by atoms with Gasteiger partial charge in [-0.25, -0.2) is 0 Å². The van der Waals surface area contributed by atoms with E-state index in [2.05, 4.69) is 24.3 Å². The van der Waals surface area contributed by atoms with Crippen LogP contribution in [0.15, 0.2) is 133 Å². The van der Waals surface area contributed by atoms with Crippen molar-refractivity contribution in [2.75, 3.05) is 0 Å². The number of ketones is 2. The second-order valence-corrected chi connectivity index (χ2v) is 8.12. The van der Waals surface area contributed by atoms with Crippen molar-refractivity contribution in [3.8, 4) is 22.3 Å². The number of hydrogen-bond acceptors (Lipinski definition) is 2. The van der Waals surface area contributed by atoms with Gasteiger partial charge in [-0.2, -0.15) is 0 Å².